The Kier molecular flexibility index (Phi) is 14.9. The van der Waals surface area contributed by atoms with E-state index in [1.54, 1.807) is 42.7 Å². The van der Waals surface area contributed by atoms with Crippen molar-refractivity contribution in [3.05, 3.63) is 82.9 Å². The molecule has 2 aliphatic heterocycles. The molecular weight excluding hydrogens is 716 g/mol. The second-order valence-corrected chi connectivity index (χ2v) is 14.9. The Morgan fingerprint density at radius 2 is 1.12 bits per heavy atom. The summed E-state index contributed by atoms with van der Waals surface area (Å²) in [6.07, 6.45) is 7.66. The number of nitrogens with zero attached hydrogens (tertiary/aromatic N) is 2. The first-order valence-corrected chi connectivity index (χ1v) is 19.5. The predicted molar refractivity (Wildman–Crippen MR) is 213 cm³/mol. The number of likely N-dealkylation sites (N-methyl/N-ethyl adjacent to an activating group) is 1. The third kappa shape index (κ3) is 10.5. The van der Waals surface area contributed by atoms with Crippen molar-refractivity contribution in [3.8, 4) is 34.5 Å². The largest absolute Gasteiger partial charge is 0.493 e. The average Bonchev–Trinajstić information content (AvgIpc) is 3.68. The number of esters is 2. The first kappa shape index (κ1) is 42.2. The van der Waals surface area contributed by atoms with E-state index >= 15 is 0 Å². The van der Waals surface area contributed by atoms with Crippen LogP contribution >= 0.6 is 0 Å². The molecule has 0 N–H and O–H groups in total. The van der Waals surface area contributed by atoms with Gasteiger partial charge in [-0.25, -0.2) is 9.59 Å². The molecule has 2 aliphatic rings. The van der Waals surface area contributed by atoms with E-state index in [2.05, 4.69) is 31.3 Å². The van der Waals surface area contributed by atoms with Gasteiger partial charge >= 0.3 is 11.9 Å². The van der Waals surface area contributed by atoms with Crippen LogP contribution in [-0.2, 0) is 38.4 Å². The zero-order valence-corrected chi connectivity index (χ0v) is 34.2. The van der Waals surface area contributed by atoms with Gasteiger partial charge in [0.2, 0.25) is 0 Å². The predicted octanol–water partition coefficient (Wildman–Crippen LogP) is 6.26. The lowest BCUT2D eigenvalue weighted by Crippen LogP contribution is -2.52. The molecule has 1 saturated heterocycles. The minimum Gasteiger partial charge on any atom is -0.493 e. The zero-order chi connectivity index (χ0) is 40.1. The number of fused-ring (bicyclic) bond motifs is 1. The van der Waals surface area contributed by atoms with Crippen molar-refractivity contribution >= 4 is 11.9 Å². The first-order valence-electron chi connectivity index (χ1n) is 19.5. The highest BCUT2D eigenvalue weighted by atomic mass is 16.5. The minimum atomic E-state index is -0.566. The van der Waals surface area contributed by atoms with Crippen molar-refractivity contribution in [2.24, 2.45) is 0 Å². The fourth-order valence-electron chi connectivity index (χ4n) is 8.40. The number of benzene rings is 3. The Morgan fingerprint density at radius 3 is 1.70 bits per heavy atom. The van der Waals surface area contributed by atoms with Gasteiger partial charge in [0.1, 0.15) is 12.6 Å². The van der Waals surface area contributed by atoms with E-state index in [0.29, 0.717) is 29.4 Å². The summed E-state index contributed by atoms with van der Waals surface area (Å²) >= 11 is 0. The van der Waals surface area contributed by atoms with Crippen LogP contribution in [0.2, 0.25) is 0 Å². The third-order valence-corrected chi connectivity index (χ3v) is 11.4. The Hall–Kier alpha value is -4.94. The Bertz CT molecular complexity index is 1820. The fourth-order valence-corrected chi connectivity index (χ4v) is 8.40. The van der Waals surface area contributed by atoms with E-state index in [1.807, 2.05) is 24.3 Å². The number of methoxy groups -OCH3 is 6. The van der Waals surface area contributed by atoms with Gasteiger partial charge < -0.3 is 46.9 Å². The topological polar surface area (TPSA) is 108 Å². The van der Waals surface area contributed by atoms with E-state index in [0.717, 1.165) is 96.7 Å². The summed E-state index contributed by atoms with van der Waals surface area (Å²) in [7, 11) is 12.1. The van der Waals surface area contributed by atoms with E-state index in [1.165, 1.54) is 29.5 Å². The van der Waals surface area contributed by atoms with Gasteiger partial charge in [-0.3, -0.25) is 0 Å². The van der Waals surface area contributed by atoms with Gasteiger partial charge in [-0.1, -0.05) is 6.07 Å². The van der Waals surface area contributed by atoms with Gasteiger partial charge in [0.15, 0.2) is 34.5 Å². The van der Waals surface area contributed by atoms with E-state index in [9.17, 15) is 9.59 Å². The molecule has 0 saturated carbocycles. The van der Waals surface area contributed by atoms with Crippen LogP contribution in [0.15, 0.2) is 60.7 Å². The van der Waals surface area contributed by atoms with Crippen molar-refractivity contribution in [1.29, 1.82) is 0 Å². The van der Waals surface area contributed by atoms with Gasteiger partial charge in [0.25, 0.3) is 0 Å². The molecule has 1 fully saturated rings. The van der Waals surface area contributed by atoms with Crippen molar-refractivity contribution in [1.82, 2.24) is 0 Å². The number of likely N-dealkylation sites (tertiary alicyclic amines) is 1. The summed E-state index contributed by atoms with van der Waals surface area (Å²) < 4.78 is 46.0. The number of carbonyl (C=O) groups excluding carboxylic acids is 2. The van der Waals surface area contributed by atoms with Crippen LogP contribution in [0.25, 0.3) is 0 Å². The number of hydrogen-bond donors (Lipinski definition) is 0. The van der Waals surface area contributed by atoms with E-state index in [4.69, 9.17) is 37.9 Å². The smallest absolute Gasteiger partial charge is 0.331 e. The van der Waals surface area contributed by atoms with E-state index in [-0.39, 0.29) is 19.3 Å². The number of carbonyl (C=O) groups is 2. The summed E-state index contributed by atoms with van der Waals surface area (Å²) in [4.78, 5) is 25.1. The molecule has 0 aromatic heterocycles. The number of hydrogen-bond acceptors (Lipinski definition) is 10. The molecule has 2 heterocycles. The lowest BCUT2D eigenvalue weighted by molar-refractivity contribution is -0.941. The fraction of sp³-hybridized carbons (Fsp3) is 0.500. The van der Waals surface area contributed by atoms with Gasteiger partial charge in [-0.2, -0.15) is 0 Å². The quantitative estimate of drug-likeness (QED) is 0.0565. The summed E-state index contributed by atoms with van der Waals surface area (Å²) in [5, 5.41) is 0. The SMILES string of the molecule is COc1ccc(C[C@@H]2c3cc(OC)c(OC)cc3CC[N+]2(C)CCCOC(=O)/C=C\C(=O)OCCC[N+]2(Cc3ccc(OC)c(OC)c3)CCCC2)cc1OC. The molecule has 12 heteroatoms. The normalized spacial score (nSPS) is 18.5. The van der Waals surface area contributed by atoms with Gasteiger partial charge in [0.05, 0.1) is 95.6 Å². The van der Waals surface area contributed by atoms with Crippen LogP contribution in [-0.4, -0.2) is 117 Å². The van der Waals surface area contributed by atoms with Crippen LogP contribution in [0.1, 0.15) is 54.0 Å². The minimum absolute atomic E-state index is 0.0929. The standard InChI is InChI=1S/C44H60N2O10/c1-45(23-18-34-29-41(53-6)42(54-7)30-35(34)36(45)26-32-12-14-37(49-2)39(27-32)51-4)19-10-24-55-43(47)16-17-44(48)56-25-11-22-46(20-8-9-21-46)31-33-13-15-38(50-3)40(28-33)52-5/h12-17,27-30,36H,8-11,18-26,31H2,1-7H3/q+2/b17-16-/t36-,45?/m1/s1. The van der Waals surface area contributed by atoms with Crippen LogP contribution in [0.5, 0.6) is 34.5 Å². The van der Waals surface area contributed by atoms with Gasteiger partial charge in [0, 0.05) is 61.8 Å². The molecule has 0 aliphatic carbocycles. The van der Waals surface area contributed by atoms with Crippen LogP contribution in [0, 0.1) is 0 Å². The van der Waals surface area contributed by atoms with Crippen molar-refractivity contribution in [2.75, 3.05) is 95.6 Å². The zero-order valence-electron chi connectivity index (χ0n) is 34.2. The molecule has 56 heavy (non-hydrogen) atoms. The highest BCUT2D eigenvalue weighted by Gasteiger charge is 2.40. The lowest BCUT2D eigenvalue weighted by Gasteiger charge is -2.46. The van der Waals surface area contributed by atoms with Crippen molar-refractivity contribution in [3.63, 3.8) is 0 Å². The molecule has 1 unspecified atom stereocenters. The highest BCUT2D eigenvalue weighted by molar-refractivity contribution is 5.91. The van der Waals surface area contributed by atoms with Crippen LogP contribution in [0.4, 0.5) is 0 Å². The first-order chi connectivity index (χ1) is 27.1. The second kappa shape index (κ2) is 19.8. The second-order valence-electron chi connectivity index (χ2n) is 14.9. The molecule has 0 spiro atoms. The maximum atomic E-state index is 12.6. The molecular formula is C44H60N2O10+2. The monoisotopic (exact) mass is 776 g/mol. The molecule has 12 nitrogen and oxygen atoms in total. The van der Waals surface area contributed by atoms with Gasteiger partial charge in [-0.15, -0.1) is 0 Å². The Morgan fingerprint density at radius 1 is 0.625 bits per heavy atom. The number of ether oxygens (including phenoxy) is 8. The lowest BCUT2D eigenvalue weighted by atomic mass is 9.86. The van der Waals surface area contributed by atoms with Crippen molar-refractivity contribution in [2.45, 2.75) is 51.1 Å². The molecule has 304 valence electrons. The summed E-state index contributed by atoms with van der Waals surface area (Å²) in [6.45, 7) is 6.14. The molecule has 2 atom stereocenters. The van der Waals surface area contributed by atoms with Gasteiger partial charge in [-0.05, 0) is 53.6 Å². The number of quaternary nitrogens is 2. The van der Waals surface area contributed by atoms with Crippen molar-refractivity contribution < 1.29 is 56.5 Å². The molecule has 0 radical (unpaired) electrons. The Labute approximate surface area is 332 Å². The maximum Gasteiger partial charge on any atom is 0.331 e. The summed E-state index contributed by atoms with van der Waals surface area (Å²) in [6, 6.07) is 16.4. The Balaban J connectivity index is 1.12. The molecule has 0 bridgehead atoms. The highest BCUT2D eigenvalue weighted by Crippen LogP contribution is 2.43. The third-order valence-electron chi connectivity index (χ3n) is 11.4. The van der Waals surface area contributed by atoms with Crippen LogP contribution in [0.3, 0.4) is 0 Å². The number of rotatable bonds is 20. The van der Waals surface area contributed by atoms with Crippen LogP contribution < -0.4 is 28.4 Å². The summed E-state index contributed by atoms with van der Waals surface area (Å²) in [5.41, 5.74) is 4.75. The molecule has 5 rings (SSSR count). The molecule has 3 aromatic rings. The molecule has 3 aromatic carbocycles. The average molecular weight is 777 g/mol. The maximum absolute atomic E-state index is 12.6. The molecule has 0 amide bonds. The van der Waals surface area contributed by atoms with E-state index < -0.39 is 11.9 Å². The summed E-state index contributed by atoms with van der Waals surface area (Å²) in [5.74, 6) is 3.11.